The van der Waals surface area contributed by atoms with Gasteiger partial charge in [0.15, 0.2) is 0 Å². The third-order valence-corrected chi connectivity index (χ3v) is 3.93. The first-order valence-corrected chi connectivity index (χ1v) is 7.52. The molecule has 0 saturated heterocycles. The average molecular weight is 296 g/mol. The summed E-state index contributed by atoms with van der Waals surface area (Å²) in [6.07, 6.45) is -0.471. The van der Waals surface area contributed by atoms with E-state index in [-0.39, 0.29) is 5.92 Å². The van der Waals surface area contributed by atoms with Crippen molar-refractivity contribution in [3.05, 3.63) is 0 Å². The van der Waals surface area contributed by atoms with E-state index in [1.165, 1.54) is 0 Å². The van der Waals surface area contributed by atoms with E-state index in [4.69, 9.17) is 4.74 Å². The van der Waals surface area contributed by atoms with E-state index in [2.05, 4.69) is 10.6 Å². The van der Waals surface area contributed by atoms with Crippen LogP contribution in [0.2, 0.25) is 0 Å². The fourth-order valence-electron chi connectivity index (χ4n) is 2.81. The van der Waals surface area contributed by atoms with Crippen LogP contribution in [0.25, 0.3) is 0 Å². The smallest absolute Gasteiger partial charge is 0.383 e. The Morgan fingerprint density at radius 2 is 1.75 bits per heavy atom. The highest BCUT2D eigenvalue weighted by atomic mass is 19.4. The minimum Gasteiger partial charge on any atom is -0.383 e. The molecular weight excluding hydrogens is 269 g/mol. The molecule has 2 unspecified atom stereocenters. The Labute approximate surface area is 119 Å². The molecule has 20 heavy (non-hydrogen) atoms. The second kappa shape index (κ2) is 9.58. The van der Waals surface area contributed by atoms with Gasteiger partial charge in [-0.1, -0.05) is 12.8 Å². The zero-order valence-electron chi connectivity index (χ0n) is 12.3. The lowest BCUT2D eigenvalue weighted by atomic mass is 9.78. The van der Waals surface area contributed by atoms with Gasteiger partial charge in [-0.2, -0.15) is 13.2 Å². The van der Waals surface area contributed by atoms with Gasteiger partial charge >= 0.3 is 6.18 Å². The summed E-state index contributed by atoms with van der Waals surface area (Å²) in [5.41, 5.74) is 0. The van der Waals surface area contributed by atoms with Crippen molar-refractivity contribution in [3.63, 3.8) is 0 Å². The lowest BCUT2D eigenvalue weighted by Gasteiger charge is -2.33. The minimum atomic E-state index is -4.03. The van der Waals surface area contributed by atoms with Crippen LogP contribution in [0.5, 0.6) is 0 Å². The third-order valence-electron chi connectivity index (χ3n) is 3.93. The van der Waals surface area contributed by atoms with E-state index in [0.717, 1.165) is 32.5 Å². The van der Waals surface area contributed by atoms with E-state index in [1.807, 2.05) is 0 Å². The molecule has 0 amide bonds. The Bertz CT molecular complexity index is 249. The van der Waals surface area contributed by atoms with Gasteiger partial charge in [0.05, 0.1) is 12.5 Å². The minimum absolute atomic E-state index is 0.245. The standard InChI is InChI=1S/C14H27F3N2O/c1-20-10-9-18-7-4-8-19-11-12-5-2-3-6-13(12)14(15,16)17/h12-13,18-19H,2-11H2,1H3. The Balaban J connectivity index is 2.10. The second-order valence-electron chi connectivity index (χ2n) is 5.49. The number of hydrogen-bond acceptors (Lipinski definition) is 3. The van der Waals surface area contributed by atoms with E-state index >= 15 is 0 Å². The Hall–Kier alpha value is -0.330. The summed E-state index contributed by atoms with van der Waals surface area (Å²) in [6.45, 7) is 3.62. The number of rotatable bonds is 9. The number of halogens is 3. The lowest BCUT2D eigenvalue weighted by Crippen LogP contribution is -2.39. The number of methoxy groups -OCH3 is 1. The third kappa shape index (κ3) is 6.90. The number of ether oxygens (including phenoxy) is 1. The molecule has 1 aliphatic carbocycles. The van der Waals surface area contributed by atoms with E-state index < -0.39 is 12.1 Å². The molecule has 1 rings (SSSR count). The van der Waals surface area contributed by atoms with E-state index in [0.29, 0.717) is 32.4 Å². The Kier molecular flexibility index (Phi) is 8.49. The molecule has 2 N–H and O–H groups in total. The van der Waals surface area contributed by atoms with Gasteiger partial charge in [0.2, 0.25) is 0 Å². The van der Waals surface area contributed by atoms with Crippen LogP contribution in [0.3, 0.4) is 0 Å². The van der Waals surface area contributed by atoms with Crippen LogP contribution >= 0.6 is 0 Å². The first-order valence-electron chi connectivity index (χ1n) is 7.52. The molecule has 120 valence electrons. The van der Waals surface area contributed by atoms with Crippen molar-refractivity contribution < 1.29 is 17.9 Å². The summed E-state index contributed by atoms with van der Waals surface area (Å²) in [5.74, 6) is -1.35. The van der Waals surface area contributed by atoms with Crippen LogP contribution in [0, 0.1) is 11.8 Å². The molecule has 2 atom stereocenters. The predicted molar refractivity (Wildman–Crippen MR) is 73.7 cm³/mol. The highest BCUT2D eigenvalue weighted by molar-refractivity contribution is 4.81. The number of nitrogens with one attached hydrogen (secondary N) is 2. The van der Waals surface area contributed by atoms with Crippen LogP contribution < -0.4 is 10.6 Å². The molecule has 0 radical (unpaired) electrons. The van der Waals surface area contributed by atoms with Crippen LogP contribution in [0.4, 0.5) is 13.2 Å². The fraction of sp³-hybridized carbons (Fsp3) is 1.00. The Morgan fingerprint density at radius 3 is 2.45 bits per heavy atom. The van der Waals surface area contributed by atoms with Crippen molar-refractivity contribution in [3.8, 4) is 0 Å². The molecule has 1 aliphatic rings. The topological polar surface area (TPSA) is 33.3 Å². The first kappa shape index (κ1) is 17.7. The number of hydrogen-bond donors (Lipinski definition) is 2. The molecular formula is C14H27F3N2O. The molecule has 0 aromatic heterocycles. The maximum absolute atomic E-state index is 12.9. The monoisotopic (exact) mass is 296 g/mol. The van der Waals surface area contributed by atoms with Crippen molar-refractivity contribution in [2.75, 3.05) is 39.9 Å². The van der Waals surface area contributed by atoms with Gasteiger partial charge in [0.25, 0.3) is 0 Å². The van der Waals surface area contributed by atoms with Crippen LogP contribution in [0.1, 0.15) is 32.1 Å². The zero-order valence-corrected chi connectivity index (χ0v) is 12.3. The fourth-order valence-corrected chi connectivity index (χ4v) is 2.81. The molecule has 0 spiro atoms. The largest absolute Gasteiger partial charge is 0.392 e. The average Bonchev–Trinajstić information content (AvgIpc) is 2.41. The summed E-state index contributed by atoms with van der Waals surface area (Å²) in [6, 6.07) is 0. The second-order valence-corrected chi connectivity index (χ2v) is 5.49. The molecule has 0 aromatic rings. The summed E-state index contributed by atoms with van der Waals surface area (Å²) in [5, 5.41) is 6.39. The molecule has 0 aromatic carbocycles. The SMILES string of the molecule is COCCNCCCNCC1CCCCC1C(F)(F)F. The van der Waals surface area contributed by atoms with Gasteiger partial charge in [-0.05, 0) is 44.8 Å². The predicted octanol–water partition coefficient (Wildman–Crippen LogP) is 2.57. The van der Waals surface area contributed by atoms with Gasteiger partial charge < -0.3 is 15.4 Å². The lowest BCUT2D eigenvalue weighted by molar-refractivity contribution is -0.195. The van der Waals surface area contributed by atoms with Crippen molar-refractivity contribution in [1.29, 1.82) is 0 Å². The highest BCUT2D eigenvalue weighted by Gasteiger charge is 2.44. The van der Waals surface area contributed by atoms with Crippen LogP contribution in [-0.2, 0) is 4.74 Å². The van der Waals surface area contributed by atoms with Gasteiger partial charge in [-0.25, -0.2) is 0 Å². The van der Waals surface area contributed by atoms with E-state index in [1.54, 1.807) is 7.11 Å². The van der Waals surface area contributed by atoms with Crippen LogP contribution in [-0.4, -0.2) is 46.1 Å². The number of alkyl halides is 3. The van der Waals surface area contributed by atoms with Crippen molar-refractivity contribution in [2.24, 2.45) is 11.8 Å². The van der Waals surface area contributed by atoms with Gasteiger partial charge in [0.1, 0.15) is 0 Å². The van der Waals surface area contributed by atoms with E-state index in [9.17, 15) is 13.2 Å². The molecule has 1 saturated carbocycles. The highest BCUT2D eigenvalue weighted by Crippen LogP contribution is 2.41. The van der Waals surface area contributed by atoms with Crippen molar-refractivity contribution >= 4 is 0 Å². The van der Waals surface area contributed by atoms with Crippen molar-refractivity contribution in [1.82, 2.24) is 10.6 Å². The maximum Gasteiger partial charge on any atom is 0.392 e. The Morgan fingerprint density at radius 1 is 1.05 bits per heavy atom. The summed E-state index contributed by atoms with van der Waals surface area (Å²) in [7, 11) is 1.66. The van der Waals surface area contributed by atoms with Gasteiger partial charge in [-0.15, -0.1) is 0 Å². The molecule has 0 heterocycles. The quantitative estimate of drug-likeness (QED) is 0.642. The molecule has 0 bridgehead atoms. The molecule has 1 fully saturated rings. The first-order chi connectivity index (χ1) is 9.55. The maximum atomic E-state index is 12.9. The van der Waals surface area contributed by atoms with Gasteiger partial charge in [0, 0.05) is 13.7 Å². The van der Waals surface area contributed by atoms with Crippen LogP contribution in [0.15, 0.2) is 0 Å². The molecule has 3 nitrogen and oxygen atoms in total. The molecule has 6 heteroatoms. The summed E-state index contributed by atoms with van der Waals surface area (Å²) >= 11 is 0. The van der Waals surface area contributed by atoms with Crippen molar-refractivity contribution in [2.45, 2.75) is 38.3 Å². The van der Waals surface area contributed by atoms with Gasteiger partial charge in [-0.3, -0.25) is 0 Å². The molecule has 0 aliphatic heterocycles. The summed E-state index contributed by atoms with van der Waals surface area (Å²) in [4.78, 5) is 0. The zero-order chi connectivity index (χ0) is 14.8. The normalized spacial score (nSPS) is 24.0. The summed E-state index contributed by atoms with van der Waals surface area (Å²) < 4.78 is 43.6.